The number of benzene rings is 2. The standard InChI is InChI=1S/C23H19N5O4S/c1-32-18-8-4-15(5-9-18)16-10-20-19(21(29)11-16)12-27-22(24-20)25-23(26-27)33-13-14-2-6-17(7-3-14)28(30)31/h2-9,12,16H,10-11,13H2,1H3/t16-/m0/s1. The third kappa shape index (κ3) is 4.29. The summed E-state index contributed by atoms with van der Waals surface area (Å²) in [7, 11) is 1.63. The van der Waals surface area contributed by atoms with E-state index < -0.39 is 4.92 Å². The Morgan fingerprint density at radius 2 is 1.88 bits per heavy atom. The second-order valence-corrected chi connectivity index (χ2v) is 8.70. The quantitative estimate of drug-likeness (QED) is 0.238. The number of hydrogen-bond acceptors (Lipinski definition) is 8. The summed E-state index contributed by atoms with van der Waals surface area (Å²) in [4.78, 5) is 32.4. The highest BCUT2D eigenvalue weighted by Crippen LogP contribution is 2.33. The van der Waals surface area contributed by atoms with Crippen molar-refractivity contribution in [3.63, 3.8) is 0 Å². The summed E-state index contributed by atoms with van der Waals surface area (Å²) in [6, 6.07) is 14.2. The van der Waals surface area contributed by atoms with Crippen molar-refractivity contribution < 1.29 is 14.5 Å². The summed E-state index contributed by atoms with van der Waals surface area (Å²) in [5.41, 5.74) is 3.39. The Balaban J connectivity index is 1.34. The van der Waals surface area contributed by atoms with Gasteiger partial charge in [-0.25, -0.2) is 9.50 Å². The van der Waals surface area contributed by atoms with Gasteiger partial charge in [-0.2, -0.15) is 4.98 Å². The monoisotopic (exact) mass is 461 g/mol. The molecule has 0 amide bonds. The number of fused-ring (bicyclic) bond motifs is 2. The average Bonchev–Trinajstić information content (AvgIpc) is 3.23. The molecule has 2 aromatic carbocycles. The highest BCUT2D eigenvalue weighted by atomic mass is 32.2. The number of ketones is 1. The fourth-order valence-corrected chi connectivity index (χ4v) is 4.68. The van der Waals surface area contributed by atoms with Crippen LogP contribution in [0.5, 0.6) is 5.75 Å². The van der Waals surface area contributed by atoms with Gasteiger partial charge in [-0.05, 0) is 35.6 Å². The van der Waals surface area contributed by atoms with Crippen LogP contribution in [0.15, 0.2) is 59.9 Å². The van der Waals surface area contributed by atoms with Crippen LogP contribution < -0.4 is 4.74 Å². The molecule has 0 spiro atoms. The van der Waals surface area contributed by atoms with E-state index in [1.807, 2.05) is 24.3 Å². The van der Waals surface area contributed by atoms with Gasteiger partial charge < -0.3 is 4.74 Å². The van der Waals surface area contributed by atoms with Crippen molar-refractivity contribution in [1.82, 2.24) is 19.6 Å². The topological polar surface area (TPSA) is 113 Å². The molecule has 10 heteroatoms. The number of thioether (sulfide) groups is 1. The highest BCUT2D eigenvalue weighted by Gasteiger charge is 2.28. The summed E-state index contributed by atoms with van der Waals surface area (Å²) >= 11 is 1.41. The average molecular weight is 462 g/mol. The summed E-state index contributed by atoms with van der Waals surface area (Å²) in [5, 5.41) is 15.8. The van der Waals surface area contributed by atoms with Gasteiger partial charge in [0.2, 0.25) is 5.16 Å². The number of nitrogens with zero attached hydrogens (tertiary/aromatic N) is 5. The number of ether oxygens (including phenoxy) is 1. The molecule has 5 rings (SSSR count). The molecule has 0 saturated carbocycles. The number of methoxy groups -OCH3 is 1. The van der Waals surface area contributed by atoms with Gasteiger partial charge in [0.15, 0.2) is 5.78 Å². The lowest BCUT2D eigenvalue weighted by molar-refractivity contribution is -0.384. The predicted octanol–water partition coefficient (Wildman–Crippen LogP) is 4.25. The van der Waals surface area contributed by atoms with Gasteiger partial charge in [-0.3, -0.25) is 14.9 Å². The number of rotatable bonds is 6. The number of non-ortho nitro benzene ring substituents is 1. The molecule has 1 atom stereocenters. The van der Waals surface area contributed by atoms with E-state index in [-0.39, 0.29) is 17.4 Å². The van der Waals surface area contributed by atoms with E-state index in [0.29, 0.717) is 35.1 Å². The molecule has 166 valence electrons. The molecule has 0 saturated heterocycles. The molecule has 0 fully saturated rings. The molecule has 9 nitrogen and oxygen atoms in total. The summed E-state index contributed by atoms with van der Waals surface area (Å²) < 4.78 is 6.77. The first-order valence-electron chi connectivity index (χ1n) is 10.3. The van der Waals surface area contributed by atoms with Gasteiger partial charge in [-0.15, -0.1) is 5.10 Å². The zero-order chi connectivity index (χ0) is 22.9. The molecule has 4 aromatic rings. The third-order valence-electron chi connectivity index (χ3n) is 5.67. The molecule has 0 aliphatic heterocycles. The summed E-state index contributed by atoms with van der Waals surface area (Å²) in [5.74, 6) is 1.89. The Morgan fingerprint density at radius 3 is 2.58 bits per heavy atom. The van der Waals surface area contributed by atoms with E-state index in [9.17, 15) is 14.9 Å². The lowest BCUT2D eigenvalue weighted by Gasteiger charge is -2.23. The lowest BCUT2D eigenvalue weighted by Crippen LogP contribution is -2.21. The summed E-state index contributed by atoms with van der Waals surface area (Å²) in [6.07, 6.45) is 2.79. The normalized spacial score (nSPS) is 15.4. The van der Waals surface area contributed by atoms with Crippen LogP contribution in [0.3, 0.4) is 0 Å². The number of nitro groups is 1. The first kappa shape index (κ1) is 21.1. The van der Waals surface area contributed by atoms with Crippen molar-refractivity contribution in [3.8, 4) is 5.75 Å². The van der Waals surface area contributed by atoms with Crippen LogP contribution >= 0.6 is 11.8 Å². The maximum absolute atomic E-state index is 12.8. The van der Waals surface area contributed by atoms with Crippen LogP contribution in [0, 0.1) is 10.1 Å². The van der Waals surface area contributed by atoms with Gasteiger partial charge in [0.05, 0.1) is 23.3 Å². The predicted molar refractivity (Wildman–Crippen MR) is 122 cm³/mol. The Kier molecular flexibility index (Phi) is 5.51. The van der Waals surface area contributed by atoms with Crippen LogP contribution in [0.4, 0.5) is 5.69 Å². The summed E-state index contributed by atoms with van der Waals surface area (Å²) in [6.45, 7) is 0. The molecule has 0 N–H and O–H groups in total. The maximum atomic E-state index is 12.8. The number of aromatic nitrogens is 4. The van der Waals surface area contributed by atoms with Crippen LogP contribution in [-0.4, -0.2) is 37.4 Å². The smallest absolute Gasteiger partial charge is 0.269 e. The van der Waals surface area contributed by atoms with Gasteiger partial charge in [0.1, 0.15) is 5.75 Å². The fraction of sp³-hybridized carbons (Fsp3) is 0.217. The van der Waals surface area contributed by atoms with Gasteiger partial charge >= 0.3 is 0 Å². The van der Waals surface area contributed by atoms with E-state index in [1.165, 1.54) is 23.9 Å². The van der Waals surface area contributed by atoms with E-state index in [4.69, 9.17) is 4.74 Å². The minimum absolute atomic E-state index is 0.0436. The van der Waals surface area contributed by atoms with Crippen molar-refractivity contribution >= 4 is 29.0 Å². The molecule has 33 heavy (non-hydrogen) atoms. The fourth-order valence-electron chi connectivity index (χ4n) is 3.90. The van der Waals surface area contributed by atoms with Crippen molar-refractivity contribution in [2.24, 2.45) is 0 Å². The number of hydrogen-bond donors (Lipinski definition) is 0. The molecule has 0 bridgehead atoms. The van der Waals surface area contributed by atoms with E-state index in [1.54, 1.807) is 30.0 Å². The molecule has 1 aliphatic carbocycles. The van der Waals surface area contributed by atoms with Crippen LogP contribution in [-0.2, 0) is 12.2 Å². The molecule has 2 aromatic heterocycles. The van der Waals surface area contributed by atoms with E-state index in [0.717, 1.165) is 22.6 Å². The zero-order valence-corrected chi connectivity index (χ0v) is 18.5. The minimum Gasteiger partial charge on any atom is -0.497 e. The molecule has 2 heterocycles. The first-order valence-corrected chi connectivity index (χ1v) is 11.3. The minimum atomic E-state index is -0.422. The highest BCUT2D eigenvalue weighted by molar-refractivity contribution is 7.98. The van der Waals surface area contributed by atoms with Crippen molar-refractivity contribution in [2.75, 3.05) is 7.11 Å². The zero-order valence-electron chi connectivity index (χ0n) is 17.7. The number of Topliss-reactive ketones (excluding diaryl/α,β-unsaturated/α-hetero) is 1. The Morgan fingerprint density at radius 1 is 1.12 bits per heavy atom. The number of carbonyl (C=O) groups excluding carboxylic acids is 1. The van der Waals surface area contributed by atoms with Gasteiger partial charge in [-0.1, -0.05) is 36.0 Å². The van der Waals surface area contributed by atoms with Gasteiger partial charge in [0.25, 0.3) is 11.5 Å². The van der Waals surface area contributed by atoms with Crippen LogP contribution in [0.2, 0.25) is 0 Å². The molecular formula is C23H19N5O4S. The maximum Gasteiger partial charge on any atom is 0.269 e. The van der Waals surface area contributed by atoms with Crippen molar-refractivity contribution in [3.05, 3.63) is 87.2 Å². The lowest BCUT2D eigenvalue weighted by atomic mass is 9.82. The Labute approximate surface area is 193 Å². The largest absolute Gasteiger partial charge is 0.497 e. The first-order chi connectivity index (χ1) is 16.0. The second-order valence-electron chi connectivity index (χ2n) is 7.75. The van der Waals surface area contributed by atoms with E-state index in [2.05, 4.69) is 15.1 Å². The van der Waals surface area contributed by atoms with Crippen LogP contribution in [0.1, 0.15) is 39.5 Å². The molecular weight excluding hydrogens is 442 g/mol. The van der Waals surface area contributed by atoms with Crippen molar-refractivity contribution in [1.29, 1.82) is 0 Å². The Bertz CT molecular complexity index is 1350. The van der Waals surface area contributed by atoms with E-state index >= 15 is 0 Å². The third-order valence-corrected chi connectivity index (χ3v) is 6.57. The molecule has 1 aliphatic rings. The molecule has 0 radical (unpaired) electrons. The SMILES string of the molecule is COc1ccc([C@@H]2CC(=O)c3cn4nc(SCc5ccc([N+](=O)[O-])cc5)nc4nc3C2)cc1. The van der Waals surface area contributed by atoms with Gasteiger partial charge in [0, 0.05) is 30.5 Å². The van der Waals surface area contributed by atoms with Crippen LogP contribution in [0.25, 0.3) is 5.78 Å². The number of carbonyl (C=O) groups is 1. The van der Waals surface area contributed by atoms with Crippen molar-refractivity contribution in [2.45, 2.75) is 29.7 Å². The number of nitro benzene ring substituents is 1. The Hall–Kier alpha value is -3.79. The molecule has 0 unspecified atom stereocenters. The second kappa shape index (κ2) is 8.62.